The number of benzene rings is 2. The first-order valence-corrected chi connectivity index (χ1v) is 12.2. The van der Waals surface area contributed by atoms with E-state index in [1.807, 2.05) is 0 Å². The van der Waals surface area contributed by atoms with Gasteiger partial charge in [-0.25, -0.2) is 25.9 Å². The molecular weight excluding hydrogens is 435 g/mol. The van der Waals surface area contributed by atoms with Crippen LogP contribution in [0.3, 0.4) is 0 Å². The van der Waals surface area contributed by atoms with E-state index >= 15 is 0 Å². The lowest BCUT2D eigenvalue weighted by Crippen LogP contribution is -2.29. The average Bonchev–Trinajstić information content (AvgIpc) is 3.27. The minimum absolute atomic E-state index is 0.00488. The Balaban J connectivity index is 1.56. The van der Waals surface area contributed by atoms with Crippen molar-refractivity contribution in [3.05, 3.63) is 48.3 Å². The zero-order chi connectivity index (χ0) is 21.8. The molecule has 0 spiro atoms. The fourth-order valence-corrected chi connectivity index (χ4v) is 5.78. The monoisotopic (exact) mass is 458 g/mol. The second-order valence-electron chi connectivity index (χ2n) is 6.62. The fraction of sp³-hybridized carbons (Fsp3) is 0.368. The van der Waals surface area contributed by atoms with E-state index in [-0.39, 0.29) is 28.7 Å². The summed E-state index contributed by atoms with van der Waals surface area (Å²) in [7, 11) is -6.20. The molecule has 0 aromatic heterocycles. The van der Waals surface area contributed by atoms with E-state index in [2.05, 4.69) is 4.72 Å². The molecule has 0 saturated carbocycles. The van der Waals surface area contributed by atoms with E-state index in [4.69, 9.17) is 9.47 Å². The predicted molar refractivity (Wildman–Crippen MR) is 108 cm³/mol. The van der Waals surface area contributed by atoms with Gasteiger partial charge in [-0.3, -0.25) is 0 Å². The van der Waals surface area contributed by atoms with Crippen molar-refractivity contribution in [2.45, 2.75) is 22.6 Å². The predicted octanol–water partition coefficient (Wildman–Crippen LogP) is 1.98. The molecule has 0 amide bonds. The number of methoxy groups -OCH3 is 1. The highest BCUT2D eigenvalue weighted by atomic mass is 32.2. The number of nitrogens with one attached hydrogen (secondary N) is 1. The molecule has 11 heteroatoms. The number of hydrogen-bond acceptors (Lipinski definition) is 6. The summed E-state index contributed by atoms with van der Waals surface area (Å²) >= 11 is 0. The van der Waals surface area contributed by atoms with Crippen molar-refractivity contribution in [3.8, 4) is 11.5 Å². The molecule has 0 radical (unpaired) electrons. The minimum Gasteiger partial charge on any atom is -0.495 e. The van der Waals surface area contributed by atoms with Crippen LogP contribution in [0.5, 0.6) is 11.5 Å². The first-order valence-electron chi connectivity index (χ1n) is 9.30. The van der Waals surface area contributed by atoms with E-state index in [0.717, 1.165) is 25.0 Å². The molecule has 1 saturated heterocycles. The van der Waals surface area contributed by atoms with Crippen LogP contribution < -0.4 is 14.2 Å². The second kappa shape index (κ2) is 9.29. The molecule has 2 aromatic rings. The molecule has 1 aliphatic heterocycles. The third-order valence-electron chi connectivity index (χ3n) is 4.60. The number of sulfonamides is 2. The van der Waals surface area contributed by atoms with Crippen LogP contribution in [0.15, 0.2) is 52.3 Å². The molecule has 1 heterocycles. The topological polar surface area (TPSA) is 102 Å². The number of hydrogen-bond donors (Lipinski definition) is 1. The Morgan fingerprint density at radius 1 is 1.03 bits per heavy atom. The van der Waals surface area contributed by atoms with Crippen LogP contribution >= 0.6 is 0 Å². The maximum absolute atomic E-state index is 13.4. The summed E-state index contributed by atoms with van der Waals surface area (Å²) in [6.45, 7) is 0.971. The molecule has 1 fully saturated rings. The van der Waals surface area contributed by atoms with Gasteiger partial charge in [-0.05, 0) is 55.3 Å². The highest BCUT2D eigenvalue weighted by molar-refractivity contribution is 7.89. The van der Waals surface area contributed by atoms with Crippen LogP contribution in [-0.4, -0.2) is 54.5 Å². The van der Waals surface area contributed by atoms with Gasteiger partial charge in [0.2, 0.25) is 20.0 Å². The lowest BCUT2D eigenvalue weighted by Gasteiger charge is -2.15. The van der Waals surface area contributed by atoms with Crippen LogP contribution in [0.25, 0.3) is 0 Å². The van der Waals surface area contributed by atoms with Crippen LogP contribution in [0.4, 0.5) is 4.39 Å². The molecule has 0 aliphatic carbocycles. The van der Waals surface area contributed by atoms with E-state index in [1.54, 1.807) is 0 Å². The molecule has 164 valence electrons. The van der Waals surface area contributed by atoms with Crippen LogP contribution in [0.2, 0.25) is 0 Å². The van der Waals surface area contributed by atoms with E-state index in [9.17, 15) is 21.2 Å². The maximum atomic E-state index is 13.4. The van der Waals surface area contributed by atoms with Gasteiger partial charge in [-0.15, -0.1) is 0 Å². The van der Waals surface area contributed by atoms with Crippen molar-refractivity contribution in [2.24, 2.45) is 0 Å². The SMILES string of the molecule is COc1ccc(F)cc1S(=O)(=O)NCCOc1ccc(S(=O)(=O)N2CCCC2)cc1. The molecule has 30 heavy (non-hydrogen) atoms. The van der Waals surface area contributed by atoms with Gasteiger partial charge < -0.3 is 9.47 Å². The highest BCUT2D eigenvalue weighted by Gasteiger charge is 2.27. The van der Waals surface area contributed by atoms with Crippen molar-refractivity contribution in [2.75, 3.05) is 33.4 Å². The summed E-state index contributed by atoms with van der Waals surface area (Å²) in [4.78, 5) is -0.114. The third kappa shape index (κ3) is 5.09. The van der Waals surface area contributed by atoms with Gasteiger partial charge in [-0.2, -0.15) is 4.31 Å². The molecule has 8 nitrogen and oxygen atoms in total. The van der Waals surface area contributed by atoms with Gasteiger partial charge in [0.05, 0.1) is 12.0 Å². The van der Waals surface area contributed by atoms with Gasteiger partial charge >= 0.3 is 0 Å². The summed E-state index contributed by atoms with van der Waals surface area (Å²) < 4.78 is 77.4. The number of halogens is 1. The van der Waals surface area contributed by atoms with Crippen molar-refractivity contribution in [1.29, 1.82) is 0 Å². The largest absolute Gasteiger partial charge is 0.495 e. The lowest BCUT2D eigenvalue weighted by molar-refractivity contribution is 0.322. The summed E-state index contributed by atoms with van der Waals surface area (Å²) in [5.74, 6) is -0.270. The van der Waals surface area contributed by atoms with E-state index < -0.39 is 25.9 Å². The Kier molecular flexibility index (Phi) is 6.96. The van der Waals surface area contributed by atoms with Crippen molar-refractivity contribution < 1.29 is 30.7 Å². The molecule has 2 aromatic carbocycles. The van der Waals surface area contributed by atoms with Crippen molar-refractivity contribution >= 4 is 20.0 Å². The first kappa shape index (κ1) is 22.5. The Labute approximate surface area is 175 Å². The van der Waals surface area contributed by atoms with Gasteiger partial charge in [-0.1, -0.05) is 0 Å². The fourth-order valence-electron chi connectivity index (χ4n) is 3.07. The second-order valence-corrected chi connectivity index (χ2v) is 10.3. The van der Waals surface area contributed by atoms with Crippen molar-refractivity contribution in [3.63, 3.8) is 0 Å². The summed E-state index contributed by atoms with van der Waals surface area (Å²) in [5.41, 5.74) is 0. The Morgan fingerprint density at radius 3 is 2.33 bits per heavy atom. The standard InChI is InChI=1S/C19H23FN2O6S2/c1-27-18-9-4-15(20)14-19(18)29(23,24)21-10-13-28-16-5-7-17(8-6-16)30(25,26)22-11-2-3-12-22/h4-9,14,21H,2-3,10-13H2,1H3. The highest BCUT2D eigenvalue weighted by Crippen LogP contribution is 2.25. The van der Waals surface area contributed by atoms with Gasteiger partial charge in [0, 0.05) is 19.6 Å². The molecule has 3 rings (SSSR count). The Bertz CT molecular complexity index is 1080. The van der Waals surface area contributed by atoms with Crippen LogP contribution in [0.1, 0.15) is 12.8 Å². The summed E-state index contributed by atoms with van der Waals surface area (Å²) in [6.07, 6.45) is 1.72. The molecule has 0 bridgehead atoms. The molecule has 0 atom stereocenters. The average molecular weight is 459 g/mol. The third-order valence-corrected chi connectivity index (χ3v) is 8.00. The van der Waals surface area contributed by atoms with E-state index in [1.165, 1.54) is 41.7 Å². The number of ether oxygens (including phenoxy) is 2. The number of nitrogens with zero attached hydrogens (tertiary/aromatic N) is 1. The molecule has 1 aliphatic rings. The first-order chi connectivity index (χ1) is 14.2. The Hall–Kier alpha value is -2.21. The maximum Gasteiger partial charge on any atom is 0.244 e. The van der Waals surface area contributed by atoms with Crippen LogP contribution in [0, 0.1) is 5.82 Å². The quantitative estimate of drug-likeness (QED) is 0.577. The zero-order valence-corrected chi connectivity index (χ0v) is 18.0. The smallest absolute Gasteiger partial charge is 0.244 e. The molecule has 0 unspecified atom stereocenters. The number of rotatable bonds is 9. The van der Waals surface area contributed by atoms with Crippen LogP contribution in [-0.2, 0) is 20.0 Å². The van der Waals surface area contributed by atoms with Gasteiger partial charge in [0.25, 0.3) is 0 Å². The Morgan fingerprint density at radius 2 is 1.70 bits per heavy atom. The minimum atomic E-state index is -4.00. The summed E-state index contributed by atoms with van der Waals surface area (Å²) in [6, 6.07) is 9.18. The van der Waals surface area contributed by atoms with Gasteiger partial charge in [0.15, 0.2) is 0 Å². The summed E-state index contributed by atoms with van der Waals surface area (Å²) in [5, 5.41) is 0. The zero-order valence-electron chi connectivity index (χ0n) is 16.4. The normalized spacial score (nSPS) is 15.3. The van der Waals surface area contributed by atoms with Gasteiger partial charge in [0.1, 0.15) is 28.8 Å². The lowest BCUT2D eigenvalue weighted by atomic mass is 10.3. The molecule has 1 N–H and O–H groups in total. The molecular formula is C19H23FN2O6S2. The van der Waals surface area contributed by atoms with E-state index in [0.29, 0.717) is 18.8 Å². The van der Waals surface area contributed by atoms with Crippen molar-refractivity contribution in [1.82, 2.24) is 9.03 Å².